The van der Waals surface area contributed by atoms with E-state index in [4.69, 9.17) is 5.73 Å². The second-order valence-corrected chi connectivity index (χ2v) is 6.83. The van der Waals surface area contributed by atoms with Gasteiger partial charge in [0.05, 0.1) is 0 Å². The van der Waals surface area contributed by atoms with Gasteiger partial charge in [-0.05, 0) is 56.6 Å². The monoisotopic (exact) mass is 299 g/mol. The molecule has 1 aliphatic rings. The van der Waals surface area contributed by atoms with Gasteiger partial charge < -0.3 is 5.73 Å². The van der Waals surface area contributed by atoms with Crippen molar-refractivity contribution >= 4 is 5.91 Å². The molecule has 0 aliphatic heterocycles. The van der Waals surface area contributed by atoms with Crippen molar-refractivity contribution in [2.24, 2.45) is 11.1 Å². The highest BCUT2D eigenvalue weighted by molar-refractivity contribution is 5.86. The zero-order valence-electron chi connectivity index (χ0n) is 14.6. The Morgan fingerprint density at radius 3 is 2.45 bits per heavy atom. The first kappa shape index (κ1) is 18.2. The number of allylic oxidation sites excluding steroid dienone is 9. The molecule has 2 heteroatoms. The number of hydrogen-bond acceptors (Lipinski definition) is 1. The minimum absolute atomic E-state index is 0.274. The molecule has 2 nitrogen and oxygen atoms in total. The minimum Gasteiger partial charge on any atom is -0.366 e. The molecular weight excluding hydrogens is 270 g/mol. The summed E-state index contributed by atoms with van der Waals surface area (Å²) < 4.78 is 0. The molecule has 0 atom stereocenters. The number of carbonyl (C=O) groups is 1. The molecule has 1 aliphatic carbocycles. The Labute approximate surface area is 135 Å². The fourth-order valence-corrected chi connectivity index (χ4v) is 2.90. The van der Waals surface area contributed by atoms with Gasteiger partial charge in [-0.25, -0.2) is 0 Å². The van der Waals surface area contributed by atoms with Gasteiger partial charge in [0.1, 0.15) is 0 Å². The van der Waals surface area contributed by atoms with E-state index < -0.39 is 5.91 Å². The molecule has 0 aromatic rings. The van der Waals surface area contributed by atoms with Crippen LogP contribution in [-0.2, 0) is 4.79 Å². The lowest BCUT2D eigenvalue weighted by molar-refractivity contribution is -0.113. The van der Waals surface area contributed by atoms with Crippen molar-refractivity contribution in [3.05, 3.63) is 58.7 Å². The van der Waals surface area contributed by atoms with Gasteiger partial charge >= 0.3 is 0 Å². The van der Waals surface area contributed by atoms with Crippen LogP contribution in [0.15, 0.2) is 58.7 Å². The third kappa shape index (κ3) is 5.88. The van der Waals surface area contributed by atoms with Crippen LogP contribution in [0.2, 0.25) is 0 Å². The topological polar surface area (TPSA) is 43.1 Å². The second kappa shape index (κ2) is 7.98. The quantitative estimate of drug-likeness (QED) is 0.563. The summed E-state index contributed by atoms with van der Waals surface area (Å²) in [7, 11) is 0. The molecule has 0 radical (unpaired) electrons. The van der Waals surface area contributed by atoms with Gasteiger partial charge in [-0.1, -0.05) is 55.4 Å². The summed E-state index contributed by atoms with van der Waals surface area (Å²) in [5, 5.41) is 0. The molecule has 0 aromatic carbocycles. The standard InChI is InChI=1S/C20H29NO/c1-15(8-6-9-16(2)14-19(21)22)11-12-18-17(3)10-7-13-20(18,4)5/h6,8-9,11-12,14H,7,10,13H2,1-5H3,(H2,21,22)/b9-6?,12-11?,15-8-,16-14?. The SMILES string of the molecule is CC(C=C/C=C(/C)C=CC1=C(C)CCCC1(C)C)=CC(N)=O. The highest BCUT2D eigenvalue weighted by atomic mass is 16.1. The molecule has 22 heavy (non-hydrogen) atoms. The zero-order valence-corrected chi connectivity index (χ0v) is 14.6. The lowest BCUT2D eigenvalue weighted by atomic mass is 9.72. The van der Waals surface area contributed by atoms with Crippen LogP contribution in [0.3, 0.4) is 0 Å². The van der Waals surface area contributed by atoms with E-state index >= 15 is 0 Å². The van der Waals surface area contributed by atoms with Gasteiger partial charge in [0.25, 0.3) is 0 Å². The normalized spacial score (nSPS) is 20.2. The van der Waals surface area contributed by atoms with Crippen LogP contribution in [0.4, 0.5) is 0 Å². The smallest absolute Gasteiger partial charge is 0.241 e. The summed E-state index contributed by atoms with van der Waals surface area (Å²) in [5.74, 6) is -0.412. The van der Waals surface area contributed by atoms with E-state index in [1.807, 2.05) is 25.2 Å². The fraction of sp³-hybridized carbons (Fsp3) is 0.450. The highest BCUT2D eigenvalue weighted by Crippen LogP contribution is 2.40. The van der Waals surface area contributed by atoms with Crippen molar-refractivity contribution < 1.29 is 4.79 Å². The maximum absolute atomic E-state index is 10.8. The number of rotatable bonds is 5. The largest absolute Gasteiger partial charge is 0.366 e. The Balaban J connectivity index is 2.79. The number of carbonyl (C=O) groups excluding carboxylic acids is 1. The molecule has 2 N–H and O–H groups in total. The summed E-state index contributed by atoms with van der Waals surface area (Å²) in [4.78, 5) is 10.8. The fourth-order valence-electron chi connectivity index (χ4n) is 2.90. The van der Waals surface area contributed by atoms with Gasteiger partial charge in [-0.2, -0.15) is 0 Å². The molecule has 0 spiro atoms. The molecule has 0 saturated carbocycles. The van der Waals surface area contributed by atoms with Crippen LogP contribution in [-0.4, -0.2) is 5.91 Å². The van der Waals surface area contributed by atoms with Crippen molar-refractivity contribution in [3.8, 4) is 0 Å². The Morgan fingerprint density at radius 2 is 1.86 bits per heavy atom. The number of nitrogens with two attached hydrogens (primary N) is 1. The van der Waals surface area contributed by atoms with Crippen LogP contribution in [0.25, 0.3) is 0 Å². The van der Waals surface area contributed by atoms with E-state index in [2.05, 4.69) is 39.8 Å². The van der Waals surface area contributed by atoms with Gasteiger partial charge in [0.15, 0.2) is 0 Å². The minimum atomic E-state index is -0.412. The first-order valence-electron chi connectivity index (χ1n) is 7.93. The molecule has 0 bridgehead atoms. The van der Waals surface area contributed by atoms with Crippen molar-refractivity contribution in [1.82, 2.24) is 0 Å². The van der Waals surface area contributed by atoms with Crippen molar-refractivity contribution in [3.63, 3.8) is 0 Å². The molecule has 0 fully saturated rings. The average Bonchev–Trinajstić information content (AvgIpc) is 2.36. The van der Waals surface area contributed by atoms with Crippen LogP contribution in [0.1, 0.15) is 53.9 Å². The Bertz CT molecular complexity index is 569. The maximum Gasteiger partial charge on any atom is 0.241 e. The zero-order chi connectivity index (χ0) is 16.8. The average molecular weight is 299 g/mol. The van der Waals surface area contributed by atoms with Gasteiger partial charge in [0, 0.05) is 6.08 Å². The summed E-state index contributed by atoms with van der Waals surface area (Å²) in [6, 6.07) is 0. The number of primary amides is 1. The van der Waals surface area contributed by atoms with Gasteiger partial charge in [-0.15, -0.1) is 0 Å². The summed E-state index contributed by atoms with van der Waals surface area (Å²) >= 11 is 0. The Kier molecular flexibility index (Phi) is 6.61. The Hall–Kier alpha value is -1.83. The maximum atomic E-state index is 10.8. The third-order valence-corrected chi connectivity index (χ3v) is 4.14. The van der Waals surface area contributed by atoms with Crippen molar-refractivity contribution in [1.29, 1.82) is 0 Å². The Morgan fingerprint density at radius 1 is 1.18 bits per heavy atom. The van der Waals surface area contributed by atoms with E-state index in [1.54, 1.807) is 0 Å². The van der Waals surface area contributed by atoms with Crippen LogP contribution in [0.5, 0.6) is 0 Å². The van der Waals surface area contributed by atoms with Crippen LogP contribution < -0.4 is 5.73 Å². The second-order valence-electron chi connectivity index (χ2n) is 6.83. The van der Waals surface area contributed by atoms with E-state index in [1.165, 1.54) is 42.1 Å². The molecule has 0 heterocycles. The predicted molar refractivity (Wildman–Crippen MR) is 95.3 cm³/mol. The summed E-state index contributed by atoms with van der Waals surface area (Å²) in [6.45, 7) is 10.8. The third-order valence-electron chi connectivity index (χ3n) is 4.14. The molecule has 0 saturated heterocycles. The predicted octanol–water partition coefficient (Wildman–Crippen LogP) is 5.00. The lowest BCUT2D eigenvalue weighted by Crippen LogP contribution is -2.19. The van der Waals surface area contributed by atoms with Crippen molar-refractivity contribution in [2.45, 2.75) is 53.9 Å². The van der Waals surface area contributed by atoms with E-state index in [0.29, 0.717) is 0 Å². The number of amides is 1. The van der Waals surface area contributed by atoms with Crippen LogP contribution >= 0.6 is 0 Å². The molecule has 1 rings (SSSR count). The van der Waals surface area contributed by atoms with E-state index in [9.17, 15) is 4.79 Å². The van der Waals surface area contributed by atoms with Gasteiger partial charge in [-0.3, -0.25) is 4.79 Å². The summed E-state index contributed by atoms with van der Waals surface area (Å²) in [5.41, 5.74) is 10.4. The number of hydrogen-bond donors (Lipinski definition) is 1. The first-order valence-corrected chi connectivity index (χ1v) is 7.93. The van der Waals surface area contributed by atoms with Gasteiger partial charge in [0.2, 0.25) is 5.91 Å². The molecular formula is C20H29NO. The highest BCUT2D eigenvalue weighted by Gasteiger charge is 2.26. The van der Waals surface area contributed by atoms with E-state index in [0.717, 1.165) is 5.57 Å². The lowest BCUT2D eigenvalue weighted by Gasteiger charge is -2.32. The first-order chi connectivity index (χ1) is 10.2. The molecule has 1 amide bonds. The molecule has 0 aromatic heterocycles. The van der Waals surface area contributed by atoms with Crippen LogP contribution in [0, 0.1) is 5.41 Å². The van der Waals surface area contributed by atoms with E-state index in [-0.39, 0.29) is 5.41 Å². The summed E-state index contributed by atoms with van der Waals surface area (Å²) in [6.07, 6.45) is 15.5. The molecule has 120 valence electrons. The van der Waals surface area contributed by atoms with Crippen molar-refractivity contribution in [2.75, 3.05) is 0 Å². The molecule has 0 unspecified atom stereocenters.